The van der Waals surface area contributed by atoms with Crippen molar-refractivity contribution in [1.82, 2.24) is 4.90 Å². The van der Waals surface area contributed by atoms with Crippen molar-refractivity contribution in [2.45, 2.75) is 58.0 Å². The number of aliphatic carboxylic acids is 1. The Labute approximate surface area is 217 Å². The number of rotatable bonds is 10. The molecular formula is C31H34FNO4. The third kappa shape index (κ3) is 6.76. The second kappa shape index (κ2) is 11.2. The molecule has 1 unspecified atom stereocenters. The smallest absolute Gasteiger partial charge is 0.323 e. The maximum atomic E-state index is 14.0. The quantitative estimate of drug-likeness (QED) is 0.392. The molecule has 0 bridgehead atoms. The van der Waals surface area contributed by atoms with Gasteiger partial charge in [-0.2, -0.15) is 0 Å². The second-order valence-electron chi connectivity index (χ2n) is 10.5. The second-order valence-corrected chi connectivity index (χ2v) is 10.5. The van der Waals surface area contributed by atoms with Gasteiger partial charge in [-0.3, -0.25) is 9.59 Å². The van der Waals surface area contributed by atoms with Crippen LogP contribution in [0.15, 0.2) is 66.7 Å². The van der Waals surface area contributed by atoms with Gasteiger partial charge in [-0.25, -0.2) is 4.39 Å². The first-order valence-electron chi connectivity index (χ1n) is 12.7. The zero-order chi connectivity index (χ0) is 26.6. The highest BCUT2D eigenvalue weighted by Crippen LogP contribution is 2.37. The number of benzene rings is 3. The van der Waals surface area contributed by atoms with Crippen molar-refractivity contribution in [3.63, 3.8) is 0 Å². The molecule has 4 rings (SSSR count). The molecule has 0 spiro atoms. The molecule has 1 atom stereocenters. The topological polar surface area (TPSA) is 66.8 Å². The van der Waals surface area contributed by atoms with Gasteiger partial charge in [-0.15, -0.1) is 0 Å². The van der Waals surface area contributed by atoms with Crippen molar-refractivity contribution in [2.75, 3.05) is 13.1 Å². The van der Waals surface area contributed by atoms with Gasteiger partial charge in [0.05, 0.1) is 6.42 Å². The number of carbonyl (C=O) groups is 2. The standard InChI is InChI=1S/C31H34FNO4/c1-21(2)24-11-8-22(9-12-24)18-31(3)19-26-16-23(10-13-28(26)37-31)17-29(34)33(20-30(35)36)15-14-25-6-4-5-7-27(25)32/h4-13,16,21H,14-15,17-20H2,1-3H3,(H,35,36). The van der Waals surface area contributed by atoms with Crippen LogP contribution in [-0.4, -0.2) is 40.6 Å². The fourth-order valence-electron chi connectivity index (χ4n) is 4.93. The Hall–Kier alpha value is -3.67. The van der Waals surface area contributed by atoms with Gasteiger partial charge in [0.1, 0.15) is 23.7 Å². The first kappa shape index (κ1) is 26.4. The molecule has 3 aromatic rings. The summed E-state index contributed by atoms with van der Waals surface area (Å²) in [7, 11) is 0. The summed E-state index contributed by atoms with van der Waals surface area (Å²) in [6, 6.07) is 20.7. The predicted molar refractivity (Wildman–Crippen MR) is 141 cm³/mol. The molecule has 1 N–H and O–H groups in total. The van der Waals surface area contributed by atoms with E-state index in [0.29, 0.717) is 11.5 Å². The van der Waals surface area contributed by atoms with Crippen molar-refractivity contribution in [2.24, 2.45) is 0 Å². The van der Waals surface area contributed by atoms with Crippen molar-refractivity contribution in [3.05, 3.63) is 100 Å². The molecular weight excluding hydrogens is 469 g/mol. The van der Waals surface area contributed by atoms with Crippen LogP contribution in [0.5, 0.6) is 5.75 Å². The van der Waals surface area contributed by atoms with Crippen LogP contribution in [0.1, 0.15) is 54.5 Å². The number of nitrogens with zero attached hydrogens (tertiary/aromatic N) is 1. The van der Waals surface area contributed by atoms with Gasteiger partial charge in [0.15, 0.2) is 0 Å². The van der Waals surface area contributed by atoms with Crippen molar-refractivity contribution < 1.29 is 23.8 Å². The molecule has 1 heterocycles. The molecule has 0 aliphatic carbocycles. The lowest BCUT2D eigenvalue weighted by atomic mass is 9.90. The van der Waals surface area contributed by atoms with E-state index < -0.39 is 12.5 Å². The van der Waals surface area contributed by atoms with Crippen LogP contribution in [0.25, 0.3) is 0 Å². The predicted octanol–water partition coefficient (Wildman–Crippen LogP) is 5.58. The molecule has 0 fully saturated rings. The average Bonchev–Trinajstić information content (AvgIpc) is 3.17. The summed E-state index contributed by atoms with van der Waals surface area (Å²) in [5.74, 6) is -0.446. The van der Waals surface area contributed by atoms with Gasteiger partial charge >= 0.3 is 5.97 Å². The van der Waals surface area contributed by atoms with E-state index >= 15 is 0 Å². The number of ether oxygens (including phenoxy) is 1. The lowest BCUT2D eigenvalue weighted by molar-refractivity contribution is -0.144. The maximum Gasteiger partial charge on any atom is 0.323 e. The number of carbonyl (C=O) groups excluding carboxylic acids is 1. The number of hydrogen-bond acceptors (Lipinski definition) is 3. The summed E-state index contributed by atoms with van der Waals surface area (Å²) < 4.78 is 20.3. The van der Waals surface area contributed by atoms with E-state index in [9.17, 15) is 19.1 Å². The van der Waals surface area contributed by atoms with Gasteiger partial charge in [-0.05, 0) is 59.2 Å². The van der Waals surface area contributed by atoms with E-state index in [1.54, 1.807) is 18.2 Å². The van der Waals surface area contributed by atoms with Crippen LogP contribution in [-0.2, 0) is 35.3 Å². The van der Waals surface area contributed by atoms with E-state index in [4.69, 9.17) is 4.74 Å². The number of carboxylic acids is 1. The summed E-state index contributed by atoms with van der Waals surface area (Å²) in [5, 5.41) is 9.31. The third-order valence-corrected chi connectivity index (χ3v) is 6.91. The Morgan fingerprint density at radius 2 is 1.76 bits per heavy atom. The lowest BCUT2D eigenvalue weighted by Gasteiger charge is -2.24. The summed E-state index contributed by atoms with van der Waals surface area (Å²) >= 11 is 0. The summed E-state index contributed by atoms with van der Waals surface area (Å²) in [4.78, 5) is 25.7. The number of halogens is 1. The summed E-state index contributed by atoms with van der Waals surface area (Å²) in [5.41, 5.74) is 4.46. The Balaban J connectivity index is 1.41. The number of amides is 1. The maximum absolute atomic E-state index is 14.0. The monoisotopic (exact) mass is 503 g/mol. The molecule has 5 nitrogen and oxygen atoms in total. The van der Waals surface area contributed by atoms with Crippen LogP contribution in [0.4, 0.5) is 4.39 Å². The molecule has 1 amide bonds. The molecule has 3 aromatic carbocycles. The fourth-order valence-corrected chi connectivity index (χ4v) is 4.93. The van der Waals surface area contributed by atoms with Gasteiger partial charge in [-0.1, -0.05) is 68.4 Å². The van der Waals surface area contributed by atoms with Crippen LogP contribution in [0, 0.1) is 5.82 Å². The van der Waals surface area contributed by atoms with Crippen LogP contribution < -0.4 is 4.74 Å². The fraction of sp³-hybridized carbons (Fsp3) is 0.355. The third-order valence-electron chi connectivity index (χ3n) is 6.91. The molecule has 6 heteroatoms. The number of hydrogen-bond donors (Lipinski definition) is 1. The summed E-state index contributed by atoms with van der Waals surface area (Å²) in [6.07, 6.45) is 1.82. The highest BCUT2D eigenvalue weighted by molar-refractivity contribution is 5.83. The van der Waals surface area contributed by atoms with Crippen LogP contribution in [0.2, 0.25) is 0 Å². The van der Waals surface area contributed by atoms with Crippen molar-refractivity contribution >= 4 is 11.9 Å². The molecule has 194 valence electrons. The first-order valence-corrected chi connectivity index (χ1v) is 12.7. The molecule has 0 saturated carbocycles. The summed E-state index contributed by atoms with van der Waals surface area (Å²) in [6.45, 7) is 6.17. The molecule has 0 radical (unpaired) electrons. The number of fused-ring (bicyclic) bond motifs is 1. The van der Waals surface area contributed by atoms with Crippen molar-refractivity contribution in [3.8, 4) is 5.75 Å². The highest BCUT2D eigenvalue weighted by atomic mass is 19.1. The normalized spacial score (nSPS) is 16.4. The average molecular weight is 504 g/mol. The van der Waals surface area contributed by atoms with Gasteiger partial charge in [0, 0.05) is 19.4 Å². The number of carboxylic acid groups (broad SMARTS) is 1. The van der Waals surface area contributed by atoms with E-state index in [1.807, 2.05) is 18.2 Å². The van der Waals surface area contributed by atoms with Gasteiger partial charge in [0.25, 0.3) is 0 Å². The van der Waals surface area contributed by atoms with Gasteiger partial charge < -0.3 is 14.7 Å². The minimum Gasteiger partial charge on any atom is -0.487 e. The van der Waals surface area contributed by atoms with E-state index in [-0.39, 0.29) is 36.7 Å². The zero-order valence-electron chi connectivity index (χ0n) is 21.7. The Morgan fingerprint density at radius 3 is 2.43 bits per heavy atom. The Morgan fingerprint density at radius 1 is 1.05 bits per heavy atom. The van der Waals surface area contributed by atoms with E-state index in [0.717, 1.165) is 29.7 Å². The zero-order valence-corrected chi connectivity index (χ0v) is 21.7. The first-order chi connectivity index (χ1) is 17.6. The largest absolute Gasteiger partial charge is 0.487 e. The van der Waals surface area contributed by atoms with Crippen LogP contribution >= 0.6 is 0 Å². The van der Waals surface area contributed by atoms with Crippen molar-refractivity contribution in [1.29, 1.82) is 0 Å². The molecule has 0 saturated heterocycles. The SMILES string of the molecule is CC(C)c1ccc(CC2(C)Cc3cc(CC(=O)N(CCc4ccccc4F)CC(=O)O)ccc3O2)cc1. The van der Waals surface area contributed by atoms with E-state index in [1.165, 1.54) is 22.1 Å². The molecule has 1 aliphatic heterocycles. The molecule has 37 heavy (non-hydrogen) atoms. The minimum atomic E-state index is -1.10. The van der Waals surface area contributed by atoms with E-state index in [2.05, 4.69) is 45.0 Å². The minimum absolute atomic E-state index is 0.0746. The van der Waals surface area contributed by atoms with Gasteiger partial charge in [0.2, 0.25) is 5.91 Å². The Bertz CT molecular complexity index is 1270. The highest BCUT2D eigenvalue weighted by Gasteiger charge is 2.35. The van der Waals surface area contributed by atoms with Crippen LogP contribution in [0.3, 0.4) is 0 Å². The Kier molecular flexibility index (Phi) is 7.96. The lowest BCUT2D eigenvalue weighted by Crippen LogP contribution is -2.38. The molecule has 0 aromatic heterocycles. The molecule has 1 aliphatic rings.